The summed E-state index contributed by atoms with van der Waals surface area (Å²) in [6.45, 7) is 6.00. The van der Waals surface area contributed by atoms with Gasteiger partial charge in [0, 0.05) is 54.8 Å². The Morgan fingerprint density at radius 2 is 1.92 bits per heavy atom. The molecule has 202 valence electrons. The van der Waals surface area contributed by atoms with Crippen LogP contribution in [0.2, 0.25) is 10.0 Å². The second-order valence-electron chi connectivity index (χ2n) is 9.14. The first-order valence-corrected chi connectivity index (χ1v) is 13.3. The number of benzene rings is 2. The fourth-order valence-electron chi connectivity index (χ4n) is 4.68. The molecule has 3 aromatic rings. The predicted octanol–water partition coefficient (Wildman–Crippen LogP) is 4.82. The third kappa shape index (κ3) is 6.02. The first kappa shape index (κ1) is 26.6. The van der Waals surface area contributed by atoms with Crippen LogP contribution in [0.3, 0.4) is 0 Å². The first-order chi connectivity index (χ1) is 18.5. The molecule has 0 bridgehead atoms. The van der Waals surface area contributed by atoms with Crippen LogP contribution in [0.25, 0.3) is 0 Å². The van der Waals surface area contributed by atoms with E-state index in [1.807, 2.05) is 48.0 Å². The van der Waals surface area contributed by atoms with Crippen molar-refractivity contribution >= 4 is 35.0 Å². The van der Waals surface area contributed by atoms with Crippen LogP contribution in [0.15, 0.2) is 61.2 Å². The summed E-state index contributed by atoms with van der Waals surface area (Å²) in [6, 6.07) is 13.2. The van der Waals surface area contributed by atoms with Crippen LogP contribution < -0.4 is 9.64 Å². The number of hydrogen-bond acceptors (Lipinski definition) is 7. The lowest BCUT2D eigenvalue weighted by Crippen LogP contribution is -2.48. The first-order valence-electron chi connectivity index (χ1n) is 12.6. The average Bonchev–Trinajstić information content (AvgIpc) is 3.59. The van der Waals surface area contributed by atoms with E-state index in [-0.39, 0.29) is 12.2 Å². The molecule has 9 nitrogen and oxygen atoms in total. The summed E-state index contributed by atoms with van der Waals surface area (Å²) in [5, 5.41) is 1.01. The van der Waals surface area contributed by atoms with Crippen LogP contribution in [0, 0.1) is 0 Å². The van der Waals surface area contributed by atoms with Gasteiger partial charge >= 0.3 is 6.09 Å². The molecule has 2 aliphatic rings. The van der Waals surface area contributed by atoms with Crippen LogP contribution in [0.5, 0.6) is 5.75 Å². The second kappa shape index (κ2) is 11.8. The number of anilines is 1. The molecule has 38 heavy (non-hydrogen) atoms. The van der Waals surface area contributed by atoms with Crippen molar-refractivity contribution in [2.75, 3.05) is 50.9 Å². The van der Waals surface area contributed by atoms with Crippen molar-refractivity contribution < 1.29 is 23.7 Å². The van der Waals surface area contributed by atoms with Gasteiger partial charge < -0.3 is 33.3 Å². The number of hydrogen-bond donors (Lipinski definition) is 0. The van der Waals surface area contributed by atoms with E-state index in [1.165, 1.54) is 0 Å². The number of rotatable bonds is 8. The molecule has 0 spiro atoms. The van der Waals surface area contributed by atoms with Gasteiger partial charge in [-0.1, -0.05) is 29.3 Å². The van der Waals surface area contributed by atoms with Gasteiger partial charge in [-0.3, -0.25) is 0 Å². The Kier molecular flexibility index (Phi) is 8.28. The fraction of sp³-hybridized carbons (Fsp3) is 0.407. The van der Waals surface area contributed by atoms with Crippen molar-refractivity contribution in [3.8, 4) is 5.75 Å². The number of ether oxygens (including phenoxy) is 4. The maximum absolute atomic E-state index is 11.9. The van der Waals surface area contributed by atoms with E-state index in [9.17, 15) is 4.79 Å². The molecule has 0 N–H and O–H groups in total. The minimum atomic E-state index is -1.09. The summed E-state index contributed by atoms with van der Waals surface area (Å²) in [4.78, 5) is 20.0. The maximum atomic E-state index is 11.9. The van der Waals surface area contributed by atoms with Gasteiger partial charge in [-0.2, -0.15) is 0 Å². The van der Waals surface area contributed by atoms with Crippen LogP contribution in [-0.4, -0.2) is 72.6 Å². The van der Waals surface area contributed by atoms with Gasteiger partial charge in [0.15, 0.2) is 0 Å². The Balaban J connectivity index is 1.19. The minimum absolute atomic E-state index is 0.249. The quantitative estimate of drug-likeness (QED) is 0.391. The van der Waals surface area contributed by atoms with E-state index in [0.717, 1.165) is 24.5 Å². The Labute approximate surface area is 231 Å². The molecule has 0 aliphatic carbocycles. The summed E-state index contributed by atoms with van der Waals surface area (Å²) >= 11 is 12.7. The van der Waals surface area contributed by atoms with Gasteiger partial charge in [-0.05, 0) is 43.3 Å². The highest BCUT2D eigenvalue weighted by Gasteiger charge is 2.45. The lowest BCUT2D eigenvalue weighted by molar-refractivity contribution is -0.189. The SMILES string of the molecule is CCOC(=O)N1CCN(c2ccc(OCC3CO[C@](Cn4ccnc4)(c4ccc(Cl)cc4Cl)O3)cc2)CC1. The summed E-state index contributed by atoms with van der Waals surface area (Å²) < 4.78 is 25.7. The topological polar surface area (TPSA) is 78.3 Å². The van der Waals surface area contributed by atoms with Crippen molar-refractivity contribution in [3.63, 3.8) is 0 Å². The fourth-order valence-corrected chi connectivity index (χ4v) is 5.23. The van der Waals surface area contributed by atoms with Crippen molar-refractivity contribution in [2.45, 2.75) is 25.4 Å². The highest BCUT2D eigenvalue weighted by Crippen LogP contribution is 2.40. The molecule has 1 amide bonds. The van der Waals surface area contributed by atoms with Crippen molar-refractivity contribution in [3.05, 3.63) is 76.8 Å². The predicted molar refractivity (Wildman–Crippen MR) is 144 cm³/mol. The number of carbonyl (C=O) groups is 1. The molecule has 3 heterocycles. The van der Waals surface area contributed by atoms with Gasteiger partial charge in [0.05, 0.1) is 31.1 Å². The molecule has 5 rings (SSSR count). The zero-order valence-electron chi connectivity index (χ0n) is 21.1. The largest absolute Gasteiger partial charge is 0.491 e. The molecule has 11 heteroatoms. The number of aromatic nitrogens is 2. The molecule has 2 aliphatic heterocycles. The smallest absolute Gasteiger partial charge is 0.409 e. The molecule has 0 radical (unpaired) electrons. The number of amides is 1. The lowest BCUT2D eigenvalue weighted by atomic mass is 10.1. The summed E-state index contributed by atoms with van der Waals surface area (Å²) in [5.74, 6) is -0.356. The number of carbonyl (C=O) groups excluding carboxylic acids is 1. The van der Waals surface area contributed by atoms with E-state index < -0.39 is 5.79 Å². The molecule has 1 unspecified atom stereocenters. The van der Waals surface area contributed by atoms with Crippen molar-refractivity contribution in [1.82, 2.24) is 14.5 Å². The van der Waals surface area contributed by atoms with Gasteiger partial charge in [-0.25, -0.2) is 9.78 Å². The molecule has 2 fully saturated rings. The molecular formula is C27H30Cl2N4O5. The average molecular weight is 561 g/mol. The highest BCUT2D eigenvalue weighted by molar-refractivity contribution is 6.35. The molecule has 1 aromatic heterocycles. The van der Waals surface area contributed by atoms with Crippen molar-refractivity contribution in [2.24, 2.45) is 0 Å². The summed E-state index contributed by atoms with van der Waals surface area (Å²) in [6.07, 6.45) is 4.71. The third-order valence-corrected chi connectivity index (χ3v) is 7.14. The second-order valence-corrected chi connectivity index (χ2v) is 9.98. The number of piperazine rings is 1. The van der Waals surface area contributed by atoms with E-state index in [4.69, 9.17) is 42.1 Å². The number of halogens is 2. The van der Waals surface area contributed by atoms with Crippen molar-refractivity contribution in [1.29, 1.82) is 0 Å². The van der Waals surface area contributed by atoms with Gasteiger partial charge in [0.25, 0.3) is 0 Å². The zero-order chi connectivity index (χ0) is 26.5. The van der Waals surface area contributed by atoms with E-state index in [1.54, 1.807) is 29.6 Å². The zero-order valence-corrected chi connectivity index (χ0v) is 22.6. The monoisotopic (exact) mass is 560 g/mol. The van der Waals surface area contributed by atoms with E-state index >= 15 is 0 Å². The Morgan fingerprint density at radius 1 is 1.13 bits per heavy atom. The van der Waals surface area contributed by atoms with Crippen LogP contribution >= 0.6 is 23.2 Å². The van der Waals surface area contributed by atoms with Crippen LogP contribution in [0.1, 0.15) is 12.5 Å². The third-order valence-electron chi connectivity index (χ3n) is 6.59. The van der Waals surface area contributed by atoms with Crippen LogP contribution in [0.4, 0.5) is 10.5 Å². The normalized spacial score (nSPS) is 21.5. The number of nitrogens with zero attached hydrogens (tertiary/aromatic N) is 4. The Hall–Kier alpha value is -2.98. The molecule has 0 saturated carbocycles. The van der Waals surface area contributed by atoms with Gasteiger partial charge in [-0.15, -0.1) is 0 Å². The lowest BCUT2D eigenvalue weighted by Gasteiger charge is -2.35. The van der Waals surface area contributed by atoms with E-state index in [0.29, 0.717) is 55.1 Å². The maximum Gasteiger partial charge on any atom is 0.409 e. The molecular weight excluding hydrogens is 531 g/mol. The highest BCUT2D eigenvalue weighted by atomic mass is 35.5. The molecule has 2 aromatic carbocycles. The minimum Gasteiger partial charge on any atom is -0.491 e. The Morgan fingerprint density at radius 3 is 2.61 bits per heavy atom. The van der Waals surface area contributed by atoms with Gasteiger partial charge in [0.1, 0.15) is 18.5 Å². The summed E-state index contributed by atoms with van der Waals surface area (Å²) in [7, 11) is 0. The van der Waals surface area contributed by atoms with Gasteiger partial charge in [0.2, 0.25) is 5.79 Å². The standard InChI is InChI=1S/C27H30Cl2N4O5/c1-2-35-26(34)33-13-11-32(12-14-33)21-4-6-22(7-5-21)36-16-23-17-37-27(38-23,18-31-10-9-30-19-31)24-8-3-20(28)15-25(24)29/h3-10,15,19,23H,2,11-14,16-18H2,1H3/t23?,27-/m0/s1. The Bertz CT molecular complexity index is 1220. The summed E-state index contributed by atoms with van der Waals surface area (Å²) in [5.41, 5.74) is 1.78. The van der Waals surface area contributed by atoms with Crippen LogP contribution in [-0.2, 0) is 26.5 Å². The molecule has 2 saturated heterocycles. The van der Waals surface area contributed by atoms with E-state index in [2.05, 4.69) is 9.88 Å². The molecule has 2 atom stereocenters. The number of imidazole rings is 1.